The minimum atomic E-state index is -0.164. The fourth-order valence-electron chi connectivity index (χ4n) is 2.14. The molecule has 1 N–H and O–H groups in total. The van der Waals surface area contributed by atoms with Crippen LogP contribution in [0.3, 0.4) is 0 Å². The molecule has 1 aromatic carbocycles. The van der Waals surface area contributed by atoms with Crippen molar-refractivity contribution in [1.29, 1.82) is 0 Å². The van der Waals surface area contributed by atoms with Gasteiger partial charge in [-0.3, -0.25) is 0 Å². The fourth-order valence-corrected chi connectivity index (χ4v) is 3.47. The highest BCUT2D eigenvalue weighted by molar-refractivity contribution is 7.16. The number of hydrogen-bond donors (Lipinski definition) is 1. The van der Waals surface area contributed by atoms with Gasteiger partial charge in [-0.05, 0) is 55.6 Å². The van der Waals surface area contributed by atoms with Gasteiger partial charge >= 0.3 is 0 Å². The number of benzene rings is 1. The third-order valence-electron chi connectivity index (χ3n) is 3.27. The summed E-state index contributed by atoms with van der Waals surface area (Å²) in [7, 11) is 0. The molecule has 2 rings (SSSR count). The van der Waals surface area contributed by atoms with Crippen molar-refractivity contribution in [3.8, 4) is 0 Å². The van der Waals surface area contributed by atoms with Crippen LogP contribution in [-0.4, -0.2) is 6.54 Å². The smallest absolute Gasteiger partial charge is 0.126 e. The van der Waals surface area contributed by atoms with Gasteiger partial charge in [0.15, 0.2) is 0 Å². The van der Waals surface area contributed by atoms with Crippen molar-refractivity contribution in [2.45, 2.75) is 33.2 Å². The standard InChI is InChI=1S/C16H19ClFNS/c1-4-7-19-15(14-9-11(3)16(17)20-14)12-5-6-13(18)10(2)8-12/h5-6,8-9,15,19H,4,7H2,1-3H3. The SMILES string of the molecule is CCCNC(c1ccc(F)c(C)c1)c1cc(C)c(Cl)s1. The summed E-state index contributed by atoms with van der Waals surface area (Å²) in [6, 6.07) is 7.47. The number of thiophene rings is 1. The van der Waals surface area contributed by atoms with E-state index >= 15 is 0 Å². The molecule has 1 aromatic heterocycles. The molecule has 1 atom stereocenters. The molecule has 1 heterocycles. The van der Waals surface area contributed by atoms with Crippen molar-refractivity contribution in [2.24, 2.45) is 0 Å². The van der Waals surface area contributed by atoms with Gasteiger partial charge in [-0.25, -0.2) is 4.39 Å². The first-order valence-corrected chi connectivity index (χ1v) is 7.97. The highest BCUT2D eigenvalue weighted by Crippen LogP contribution is 2.34. The van der Waals surface area contributed by atoms with E-state index < -0.39 is 0 Å². The lowest BCUT2D eigenvalue weighted by Crippen LogP contribution is -2.22. The van der Waals surface area contributed by atoms with E-state index in [9.17, 15) is 4.39 Å². The van der Waals surface area contributed by atoms with Crippen LogP contribution in [0.1, 0.15) is 41.0 Å². The van der Waals surface area contributed by atoms with Crippen LogP contribution in [0.25, 0.3) is 0 Å². The molecule has 0 aliphatic rings. The monoisotopic (exact) mass is 311 g/mol. The van der Waals surface area contributed by atoms with E-state index in [1.807, 2.05) is 19.1 Å². The minimum Gasteiger partial charge on any atom is -0.306 e. The summed E-state index contributed by atoms with van der Waals surface area (Å²) < 4.78 is 14.3. The molecule has 4 heteroatoms. The second-order valence-electron chi connectivity index (χ2n) is 5.00. The Balaban J connectivity index is 2.38. The Morgan fingerprint density at radius 1 is 1.25 bits per heavy atom. The highest BCUT2D eigenvalue weighted by Gasteiger charge is 2.17. The zero-order valence-electron chi connectivity index (χ0n) is 12.0. The molecule has 0 aliphatic carbocycles. The molecule has 0 radical (unpaired) electrons. The quantitative estimate of drug-likeness (QED) is 0.795. The van der Waals surface area contributed by atoms with Crippen molar-refractivity contribution in [1.82, 2.24) is 5.32 Å². The molecule has 108 valence electrons. The summed E-state index contributed by atoms with van der Waals surface area (Å²) in [5.74, 6) is -0.164. The number of hydrogen-bond acceptors (Lipinski definition) is 2. The van der Waals surface area contributed by atoms with Gasteiger partial charge in [0.25, 0.3) is 0 Å². The summed E-state index contributed by atoms with van der Waals surface area (Å²) >= 11 is 7.77. The van der Waals surface area contributed by atoms with Crippen molar-refractivity contribution >= 4 is 22.9 Å². The van der Waals surface area contributed by atoms with Crippen LogP contribution in [0.15, 0.2) is 24.3 Å². The summed E-state index contributed by atoms with van der Waals surface area (Å²) in [4.78, 5) is 1.17. The Kier molecular flexibility index (Phi) is 5.19. The van der Waals surface area contributed by atoms with Gasteiger partial charge in [-0.1, -0.05) is 30.7 Å². The van der Waals surface area contributed by atoms with Crippen molar-refractivity contribution < 1.29 is 4.39 Å². The van der Waals surface area contributed by atoms with Crippen LogP contribution < -0.4 is 5.32 Å². The number of rotatable bonds is 5. The normalized spacial score (nSPS) is 12.7. The van der Waals surface area contributed by atoms with Crippen molar-refractivity contribution in [2.75, 3.05) is 6.54 Å². The Hall–Kier alpha value is -0.900. The van der Waals surface area contributed by atoms with E-state index in [2.05, 4.69) is 18.3 Å². The molecule has 0 aliphatic heterocycles. The zero-order chi connectivity index (χ0) is 14.7. The highest BCUT2D eigenvalue weighted by atomic mass is 35.5. The topological polar surface area (TPSA) is 12.0 Å². The van der Waals surface area contributed by atoms with E-state index in [0.29, 0.717) is 5.56 Å². The van der Waals surface area contributed by atoms with Crippen LogP contribution >= 0.6 is 22.9 Å². The molecular weight excluding hydrogens is 293 g/mol. The van der Waals surface area contributed by atoms with Gasteiger partial charge in [0, 0.05) is 4.88 Å². The predicted octanol–water partition coefficient (Wildman–Crippen LogP) is 5.25. The summed E-state index contributed by atoms with van der Waals surface area (Å²) in [5.41, 5.74) is 2.84. The number of aryl methyl sites for hydroxylation is 2. The van der Waals surface area contributed by atoms with Crippen molar-refractivity contribution in [3.63, 3.8) is 0 Å². The first-order valence-electron chi connectivity index (χ1n) is 6.78. The van der Waals surface area contributed by atoms with E-state index in [-0.39, 0.29) is 11.9 Å². The number of nitrogens with one attached hydrogen (secondary N) is 1. The summed E-state index contributed by atoms with van der Waals surface area (Å²) in [6.07, 6.45) is 1.05. The van der Waals surface area contributed by atoms with Gasteiger partial charge in [-0.15, -0.1) is 11.3 Å². The second-order valence-corrected chi connectivity index (χ2v) is 6.69. The molecule has 1 nitrogen and oxygen atoms in total. The van der Waals surface area contributed by atoms with Gasteiger partial charge in [-0.2, -0.15) is 0 Å². The molecule has 1 unspecified atom stereocenters. The maximum atomic E-state index is 13.4. The average molecular weight is 312 g/mol. The Bertz CT molecular complexity index is 575. The van der Waals surface area contributed by atoms with E-state index in [4.69, 9.17) is 11.6 Å². The van der Waals surface area contributed by atoms with Crippen molar-refractivity contribution in [3.05, 3.63) is 56.0 Å². The summed E-state index contributed by atoms with van der Waals surface area (Å²) in [5, 5.41) is 3.52. The molecule has 0 saturated carbocycles. The lowest BCUT2D eigenvalue weighted by Gasteiger charge is -2.18. The van der Waals surface area contributed by atoms with Crippen LogP contribution in [0.4, 0.5) is 4.39 Å². The number of halogens is 2. The third kappa shape index (κ3) is 3.40. The first-order chi connectivity index (χ1) is 9.52. The average Bonchev–Trinajstić information content (AvgIpc) is 2.74. The Labute approximate surface area is 128 Å². The van der Waals surface area contributed by atoms with Gasteiger partial charge < -0.3 is 5.32 Å². The van der Waals surface area contributed by atoms with E-state index in [0.717, 1.165) is 28.4 Å². The molecular formula is C16H19ClFNS. The first kappa shape index (κ1) is 15.5. The Morgan fingerprint density at radius 2 is 2.00 bits per heavy atom. The minimum absolute atomic E-state index is 0.0745. The summed E-state index contributed by atoms with van der Waals surface area (Å²) in [6.45, 7) is 6.85. The van der Waals surface area contributed by atoms with E-state index in [1.54, 1.807) is 18.3 Å². The fraction of sp³-hybridized carbons (Fsp3) is 0.375. The van der Waals surface area contributed by atoms with Gasteiger partial charge in [0.2, 0.25) is 0 Å². The molecule has 0 amide bonds. The zero-order valence-corrected chi connectivity index (χ0v) is 13.5. The lowest BCUT2D eigenvalue weighted by molar-refractivity contribution is 0.595. The molecule has 0 spiro atoms. The van der Waals surface area contributed by atoms with Gasteiger partial charge in [0.1, 0.15) is 5.82 Å². The van der Waals surface area contributed by atoms with Crippen LogP contribution in [0.2, 0.25) is 4.34 Å². The molecule has 2 aromatic rings. The maximum absolute atomic E-state index is 13.4. The third-order valence-corrected chi connectivity index (χ3v) is 4.89. The maximum Gasteiger partial charge on any atom is 0.126 e. The second kappa shape index (κ2) is 6.70. The molecule has 0 bridgehead atoms. The molecule has 0 saturated heterocycles. The lowest BCUT2D eigenvalue weighted by atomic mass is 10.0. The molecule has 20 heavy (non-hydrogen) atoms. The van der Waals surface area contributed by atoms with Gasteiger partial charge in [0.05, 0.1) is 10.4 Å². The van der Waals surface area contributed by atoms with Crippen LogP contribution in [0.5, 0.6) is 0 Å². The largest absolute Gasteiger partial charge is 0.306 e. The predicted molar refractivity (Wildman–Crippen MR) is 85.3 cm³/mol. The van der Waals surface area contributed by atoms with E-state index in [1.165, 1.54) is 10.9 Å². The van der Waals surface area contributed by atoms with Crippen LogP contribution in [-0.2, 0) is 0 Å². The Morgan fingerprint density at radius 3 is 2.55 bits per heavy atom. The molecule has 0 fully saturated rings. The van der Waals surface area contributed by atoms with Crippen LogP contribution in [0, 0.1) is 19.7 Å².